The van der Waals surface area contributed by atoms with E-state index in [2.05, 4.69) is 19.9 Å². The molecule has 0 radical (unpaired) electrons. The number of aromatic nitrogens is 1. The number of thiazole rings is 1. The van der Waals surface area contributed by atoms with Gasteiger partial charge in [0.05, 0.1) is 6.54 Å². The van der Waals surface area contributed by atoms with Gasteiger partial charge in [0.25, 0.3) is 5.91 Å². The molecule has 124 valence electrons. The number of alkyl carbamates (subject to hydrolysis) is 1. The molecule has 2 aliphatic heterocycles. The SMILES string of the molecule is O=C(NCCN1C(=O)COC1=O)O[C@H]1CCN(c2nccs2)C1. The summed E-state index contributed by atoms with van der Waals surface area (Å²) < 4.78 is 9.90. The standard InChI is InChI=1S/C13H16N4O5S/c18-10-8-21-13(20)17(10)5-2-15-12(19)22-9-1-4-16(7-9)11-14-3-6-23-11/h3,6,9H,1-2,4-5,7-8H2,(H,15,19)/t9-/m0/s1. The smallest absolute Gasteiger partial charge is 0.417 e. The van der Waals surface area contributed by atoms with Crippen molar-refractivity contribution < 1.29 is 23.9 Å². The fourth-order valence-electron chi connectivity index (χ4n) is 2.43. The van der Waals surface area contributed by atoms with E-state index in [4.69, 9.17) is 4.74 Å². The van der Waals surface area contributed by atoms with Crippen molar-refractivity contribution in [2.45, 2.75) is 12.5 Å². The van der Waals surface area contributed by atoms with Crippen LogP contribution in [0.25, 0.3) is 0 Å². The molecule has 3 heterocycles. The van der Waals surface area contributed by atoms with Gasteiger partial charge < -0.3 is 19.7 Å². The molecule has 1 atom stereocenters. The van der Waals surface area contributed by atoms with E-state index < -0.39 is 18.1 Å². The molecule has 0 aliphatic carbocycles. The summed E-state index contributed by atoms with van der Waals surface area (Å²) in [5.74, 6) is -0.403. The monoisotopic (exact) mass is 340 g/mol. The van der Waals surface area contributed by atoms with Crippen molar-refractivity contribution >= 4 is 34.6 Å². The Hall–Kier alpha value is -2.36. The predicted octanol–water partition coefficient (Wildman–Crippen LogP) is 0.427. The number of nitrogens with zero attached hydrogens (tertiary/aromatic N) is 3. The Labute approximate surface area is 136 Å². The Morgan fingerprint density at radius 3 is 3.09 bits per heavy atom. The van der Waals surface area contributed by atoms with Crippen LogP contribution in [0.15, 0.2) is 11.6 Å². The number of cyclic esters (lactones) is 1. The lowest BCUT2D eigenvalue weighted by atomic mass is 10.3. The Morgan fingerprint density at radius 2 is 2.39 bits per heavy atom. The van der Waals surface area contributed by atoms with Crippen LogP contribution in [0.4, 0.5) is 14.7 Å². The van der Waals surface area contributed by atoms with Gasteiger partial charge >= 0.3 is 12.2 Å². The Balaban J connectivity index is 1.37. The molecule has 0 spiro atoms. The second kappa shape index (κ2) is 6.82. The molecule has 1 N–H and O–H groups in total. The molecular formula is C13H16N4O5S. The van der Waals surface area contributed by atoms with Gasteiger partial charge in [-0.15, -0.1) is 11.3 Å². The minimum Gasteiger partial charge on any atom is -0.444 e. The molecule has 2 saturated heterocycles. The normalized spacial score (nSPS) is 20.8. The Bertz CT molecular complexity index is 577. The summed E-state index contributed by atoms with van der Waals surface area (Å²) in [6.45, 7) is 1.36. The number of imide groups is 1. The predicted molar refractivity (Wildman–Crippen MR) is 80.3 cm³/mol. The van der Waals surface area contributed by atoms with Crippen LogP contribution >= 0.6 is 11.3 Å². The molecule has 2 aliphatic rings. The Kier molecular flexibility index (Phi) is 4.60. The fourth-order valence-corrected chi connectivity index (χ4v) is 3.11. The molecule has 2 fully saturated rings. The van der Waals surface area contributed by atoms with E-state index in [-0.39, 0.29) is 25.8 Å². The molecule has 1 aromatic heterocycles. The van der Waals surface area contributed by atoms with Crippen molar-refractivity contribution in [2.24, 2.45) is 0 Å². The highest BCUT2D eigenvalue weighted by Crippen LogP contribution is 2.23. The summed E-state index contributed by atoms with van der Waals surface area (Å²) in [5.41, 5.74) is 0. The first-order valence-corrected chi connectivity index (χ1v) is 8.07. The second-order valence-electron chi connectivity index (χ2n) is 5.10. The third kappa shape index (κ3) is 3.70. The van der Waals surface area contributed by atoms with Gasteiger partial charge in [-0.05, 0) is 0 Å². The number of hydrogen-bond donors (Lipinski definition) is 1. The maximum Gasteiger partial charge on any atom is 0.417 e. The number of anilines is 1. The fraction of sp³-hybridized carbons (Fsp3) is 0.538. The molecule has 9 nitrogen and oxygen atoms in total. The van der Waals surface area contributed by atoms with Crippen LogP contribution in [0.2, 0.25) is 0 Å². The molecule has 0 aromatic carbocycles. The molecule has 3 rings (SSSR count). The van der Waals surface area contributed by atoms with Gasteiger partial charge in [0.1, 0.15) is 6.10 Å². The van der Waals surface area contributed by atoms with Gasteiger partial charge in [0.15, 0.2) is 11.7 Å². The third-order valence-corrected chi connectivity index (χ3v) is 4.39. The molecule has 0 bridgehead atoms. The van der Waals surface area contributed by atoms with Gasteiger partial charge in [-0.25, -0.2) is 19.5 Å². The highest BCUT2D eigenvalue weighted by molar-refractivity contribution is 7.13. The third-order valence-electron chi connectivity index (χ3n) is 3.55. The maximum absolute atomic E-state index is 11.7. The topological polar surface area (TPSA) is 101 Å². The first-order chi connectivity index (χ1) is 11.1. The Morgan fingerprint density at radius 1 is 1.52 bits per heavy atom. The van der Waals surface area contributed by atoms with Crippen molar-refractivity contribution in [1.29, 1.82) is 0 Å². The van der Waals surface area contributed by atoms with Crippen LogP contribution in [0.1, 0.15) is 6.42 Å². The number of ether oxygens (including phenoxy) is 2. The van der Waals surface area contributed by atoms with Crippen molar-refractivity contribution in [3.63, 3.8) is 0 Å². The highest BCUT2D eigenvalue weighted by Gasteiger charge is 2.31. The zero-order valence-electron chi connectivity index (χ0n) is 12.3. The van der Waals surface area contributed by atoms with Crippen molar-refractivity contribution in [1.82, 2.24) is 15.2 Å². The van der Waals surface area contributed by atoms with Gasteiger partial charge in [0, 0.05) is 37.6 Å². The van der Waals surface area contributed by atoms with Crippen molar-refractivity contribution in [3.8, 4) is 0 Å². The lowest BCUT2D eigenvalue weighted by molar-refractivity contribution is -0.125. The minimum absolute atomic E-state index is 0.0721. The van der Waals surface area contributed by atoms with Crippen LogP contribution < -0.4 is 10.2 Å². The molecule has 1 aromatic rings. The summed E-state index contributed by atoms with van der Waals surface area (Å²) >= 11 is 1.55. The van der Waals surface area contributed by atoms with Gasteiger partial charge in [-0.1, -0.05) is 0 Å². The van der Waals surface area contributed by atoms with Gasteiger partial charge in [-0.2, -0.15) is 0 Å². The van der Waals surface area contributed by atoms with Gasteiger partial charge in [-0.3, -0.25) is 4.79 Å². The number of hydrogen-bond acceptors (Lipinski definition) is 8. The van der Waals surface area contributed by atoms with Crippen LogP contribution in [-0.4, -0.2) is 66.9 Å². The van der Waals surface area contributed by atoms with Crippen LogP contribution in [0.5, 0.6) is 0 Å². The van der Waals surface area contributed by atoms with E-state index in [1.807, 2.05) is 5.38 Å². The van der Waals surface area contributed by atoms with Crippen molar-refractivity contribution in [3.05, 3.63) is 11.6 Å². The maximum atomic E-state index is 11.7. The van der Waals surface area contributed by atoms with Gasteiger partial charge in [0.2, 0.25) is 0 Å². The van der Waals surface area contributed by atoms with E-state index in [1.165, 1.54) is 0 Å². The zero-order chi connectivity index (χ0) is 16.2. The summed E-state index contributed by atoms with van der Waals surface area (Å²) in [6, 6.07) is 0. The zero-order valence-corrected chi connectivity index (χ0v) is 13.1. The summed E-state index contributed by atoms with van der Waals surface area (Å²) in [5, 5.41) is 5.36. The van der Waals surface area contributed by atoms with E-state index in [9.17, 15) is 14.4 Å². The highest BCUT2D eigenvalue weighted by atomic mass is 32.1. The van der Waals surface area contributed by atoms with E-state index in [0.29, 0.717) is 6.54 Å². The number of amides is 3. The number of nitrogens with one attached hydrogen (secondary N) is 1. The number of carbonyl (C=O) groups excluding carboxylic acids is 3. The van der Waals surface area contributed by atoms with E-state index in [0.717, 1.165) is 23.0 Å². The first kappa shape index (κ1) is 15.5. The van der Waals surface area contributed by atoms with Crippen LogP contribution in [0, 0.1) is 0 Å². The lowest BCUT2D eigenvalue weighted by Gasteiger charge is -2.16. The summed E-state index contributed by atoms with van der Waals surface area (Å²) in [7, 11) is 0. The molecule has 3 amide bonds. The minimum atomic E-state index is -0.681. The second-order valence-corrected chi connectivity index (χ2v) is 5.98. The number of rotatable bonds is 5. The largest absolute Gasteiger partial charge is 0.444 e. The van der Waals surface area contributed by atoms with Crippen LogP contribution in [-0.2, 0) is 14.3 Å². The molecule has 0 saturated carbocycles. The van der Waals surface area contributed by atoms with Crippen molar-refractivity contribution in [2.75, 3.05) is 37.7 Å². The van der Waals surface area contributed by atoms with E-state index >= 15 is 0 Å². The summed E-state index contributed by atoms with van der Waals surface area (Å²) in [4.78, 5) is 41.5. The van der Waals surface area contributed by atoms with Crippen LogP contribution in [0.3, 0.4) is 0 Å². The first-order valence-electron chi connectivity index (χ1n) is 7.19. The quantitative estimate of drug-likeness (QED) is 0.829. The molecule has 0 unspecified atom stereocenters. The number of carbonyl (C=O) groups is 3. The lowest BCUT2D eigenvalue weighted by Crippen LogP contribution is -2.39. The average molecular weight is 340 g/mol. The molecular weight excluding hydrogens is 324 g/mol. The molecule has 23 heavy (non-hydrogen) atoms. The average Bonchev–Trinajstić information content (AvgIpc) is 3.24. The summed E-state index contributed by atoms with van der Waals surface area (Å²) in [6.07, 6.45) is 1.04. The molecule has 10 heteroatoms. The van der Waals surface area contributed by atoms with E-state index in [1.54, 1.807) is 17.5 Å².